The molecule has 2 N–H and O–H groups in total. The molecule has 0 aliphatic rings. The quantitative estimate of drug-likeness (QED) is 0.555. The van der Waals surface area contributed by atoms with Crippen LogP contribution in [0.3, 0.4) is 0 Å². The number of halogens is 3. The van der Waals surface area contributed by atoms with Crippen molar-refractivity contribution in [1.29, 1.82) is 0 Å². The molecule has 0 saturated carbocycles. The number of amides is 2. The molecule has 0 radical (unpaired) electrons. The van der Waals surface area contributed by atoms with E-state index in [0.29, 0.717) is 28.5 Å². The maximum absolute atomic E-state index is 12.2. The molecule has 0 unspecified atom stereocenters. The summed E-state index contributed by atoms with van der Waals surface area (Å²) in [4.78, 5) is 28.4. The van der Waals surface area contributed by atoms with Crippen molar-refractivity contribution in [3.63, 3.8) is 0 Å². The van der Waals surface area contributed by atoms with Crippen LogP contribution in [0.4, 0.5) is 24.0 Å². The van der Waals surface area contributed by atoms with Crippen LogP contribution in [-0.2, 0) is 11.2 Å². The van der Waals surface area contributed by atoms with Gasteiger partial charge in [-0.15, -0.1) is 24.5 Å². The summed E-state index contributed by atoms with van der Waals surface area (Å²) in [5.41, 5.74) is 1.51. The standard InChI is InChI=1S/C20H16F3N3O3S/c21-20(22,23)29-16-9-6-14(7-10-16)24-17(27)11-8-15-12-30-19(25-15)26-18(28)13-4-2-1-3-5-13/h1-7,9-10,12H,8,11H2,(H,24,27)(H,25,26,28). The molecule has 3 rings (SSSR count). The normalized spacial score (nSPS) is 11.0. The van der Waals surface area contributed by atoms with Gasteiger partial charge in [-0.05, 0) is 42.8 Å². The molecule has 30 heavy (non-hydrogen) atoms. The third kappa shape index (κ3) is 6.59. The predicted molar refractivity (Wildman–Crippen MR) is 107 cm³/mol. The highest BCUT2D eigenvalue weighted by molar-refractivity contribution is 7.14. The van der Waals surface area contributed by atoms with E-state index in [2.05, 4.69) is 20.4 Å². The SMILES string of the molecule is O=C(CCc1csc(NC(=O)c2ccccc2)n1)Nc1ccc(OC(F)(F)F)cc1. The summed E-state index contributed by atoms with van der Waals surface area (Å²) in [5, 5.41) is 7.47. The average Bonchev–Trinajstić information content (AvgIpc) is 3.15. The fourth-order valence-electron chi connectivity index (χ4n) is 2.44. The van der Waals surface area contributed by atoms with E-state index in [-0.39, 0.29) is 24.0 Å². The van der Waals surface area contributed by atoms with Crippen molar-refractivity contribution in [3.8, 4) is 5.75 Å². The first-order valence-electron chi connectivity index (χ1n) is 8.75. The Bertz CT molecular complexity index is 1010. The number of hydrogen-bond acceptors (Lipinski definition) is 5. The van der Waals surface area contributed by atoms with E-state index in [4.69, 9.17) is 0 Å². The zero-order chi connectivity index (χ0) is 21.6. The molecule has 0 atom stereocenters. The third-order valence-electron chi connectivity index (χ3n) is 3.79. The maximum atomic E-state index is 12.2. The molecule has 2 aromatic carbocycles. The third-order valence-corrected chi connectivity index (χ3v) is 4.59. The first-order valence-corrected chi connectivity index (χ1v) is 9.63. The summed E-state index contributed by atoms with van der Waals surface area (Å²) in [6.45, 7) is 0. The Labute approximate surface area is 173 Å². The summed E-state index contributed by atoms with van der Waals surface area (Å²) in [6.07, 6.45) is -4.30. The number of carbonyl (C=O) groups excluding carboxylic acids is 2. The second kappa shape index (κ2) is 9.40. The topological polar surface area (TPSA) is 80.3 Å². The number of benzene rings is 2. The Morgan fingerprint density at radius 1 is 1.00 bits per heavy atom. The van der Waals surface area contributed by atoms with Gasteiger partial charge in [0.1, 0.15) is 5.75 Å². The van der Waals surface area contributed by atoms with E-state index in [1.807, 2.05) is 6.07 Å². The van der Waals surface area contributed by atoms with Gasteiger partial charge in [-0.3, -0.25) is 14.9 Å². The van der Waals surface area contributed by atoms with Gasteiger partial charge >= 0.3 is 6.36 Å². The molecule has 156 valence electrons. The van der Waals surface area contributed by atoms with Crippen LogP contribution in [0.5, 0.6) is 5.75 Å². The van der Waals surface area contributed by atoms with E-state index < -0.39 is 6.36 Å². The molecule has 10 heteroatoms. The molecule has 0 saturated heterocycles. The second-order valence-corrected chi connectivity index (χ2v) is 6.94. The lowest BCUT2D eigenvalue weighted by Crippen LogP contribution is -2.17. The Kier molecular flexibility index (Phi) is 6.68. The van der Waals surface area contributed by atoms with E-state index in [1.54, 1.807) is 29.6 Å². The van der Waals surface area contributed by atoms with E-state index in [1.165, 1.54) is 23.5 Å². The number of anilines is 2. The minimum atomic E-state index is -4.77. The van der Waals surface area contributed by atoms with Gasteiger partial charge < -0.3 is 10.1 Å². The Balaban J connectivity index is 1.46. The first kappa shape index (κ1) is 21.3. The largest absolute Gasteiger partial charge is 0.573 e. The molecule has 0 aliphatic heterocycles. The van der Waals surface area contributed by atoms with Crippen LogP contribution in [-0.4, -0.2) is 23.2 Å². The van der Waals surface area contributed by atoms with Crippen molar-refractivity contribution in [2.75, 3.05) is 10.6 Å². The van der Waals surface area contributed by atoms with Crippen LogP contribution in [0.1, 0.15) is 22.5 Å². The number of nitrogens with zero attached hydrogens (tertiary/aromatic N) is 1. The van der Waals surface area contributed by atoms with Crippen LogP contribution in [0.2, 0.25) is 0 Å². The zero-order valence-corrected chi connectivity index (χ0v) is 16.2. The van der Waals surface area contributed by atoms with Gasteiger partial charge in [-0.2, -0.15) is 0 Å². The van der Waals surface area contributed by atoms with Crippen molar-refractivity contribution in [2.45, 2.75) is 19.2 Å². The van der Waals surface area contributed by atoms with E-state index >= 15 is 0 Å². The summed E-state index contributed by atoms with van der Waals surface area (Å²) in [7, 11) is 0. The zero-order valence-electron chi connectivity index (χ0n) is 15.4. The molecular weight excluding hydrogens is 419 g/mol. The van der Waals surface area contributed by atoms with Crippen LogP contribution in [0.15, 0.2) is 60.0 Å². The van der Waals surface area contributed by atoms with Gasteiger partial charge in [0.15, 0.2) is 5.13 Å². The van der Waals surface area contributed by atoms with Gasteiger partial charge in [0.05, 0.1) is 5.69 Å². The lowest BCUT2D eigenvalue weighted by Gasteiger charge is -2.09. The lowest BCUT2D eigenvalue weighted by atomic mass is 10.2. The lowest BCUT2D eigenvalue weighted by molar-refractivity contribution is -0.274. The van der Waals surface area contributed by atoms with Gasteiger partial charge in [0.25, 0.3) is 5.91 Å². The number of aromatic nitrogens is 1. The van der Waals surface area contributed by atoms with Crippen molar-refractivity contribution >= 4 is 34.0 Å². The number of carbonyl (C=O) groups is 2. The average molecular weight is 435 g/mol. The van der Waals surface area contributed by atoms with Crippen molar-refractivity contribution in [2.24, 2.45) is 0 Å². The van der Waals surface area contributed by atoms with Crippen molar-refractivity contribution in [1.82, 2.24) is 4.98 Å². The maximum Gasteiger partial charge on any atom is 0.573 e. The predicted octanol–water partition coefficient (Wildman–Crippen LogP) is 4.87. The van der Waals surface area contributed by atoms with Crippen LogP contribution in [0, 0.1) is 0 Å². The van der Waals surface area contributed by atoms with E-state index in [0.717, 1.165) is 12.1 Å². The van der Waals surface area contributed by atoms with Gasteiger partial charge in [0, 0.05) is 23.1 Å². The number of thiazole rings is 1. The highest BCUT2D eigenvalue weighted by atomic mass is 32.1. The molecule has 1 heterocycles. The Morgan fingerprint density at radius 3 is 2.37 bits per heavy atom. The summed E-state index contributed by atoms with van der Waals surface area (Å²) in [5.74, 6) is -0.956. The minimum absolute atomic E-state index is 0.122. The molecule has 1 aromatic heterocycles. The van der Waals surface area contributed by atoms with Crippen LogP contribution >= 0.6 is 11.3 Å². The van der Waals surface area contributed by atoms with Gasteiger partial charge in [-0.1, -0.05) is 18.2 Å². The first-order chi connectivity index (χ1) is 14.3. The number of nitrogens with one attached hydrogen (secondary N) is 2. The molecule has 6 nitrogen and oxygen atoms in total. The fourth-order valence-corrected chi connectivity index (χ4v) is 3.18. The smallest absolute Gasteiger partial charge is 0.406 e. The minimum Gasteiger partial charge on any atom is -0.406 e. The van der Waals surface area contributed by atoms with Crippen LogP contribution in [0.25, 0.3) is 0 Å². The summed E-state index contributed by atoms with van der Waals surface area (Å²) >= 11 is 1.25. The molecule has 2 amide bonds. The number of alkyl halides is 3. The van der Waals surface area contributed by atoms with Crippen molar-refractivity contribution < 1.29 is 27.5 Å². The number of rotatable bonds is 7. The highest BCUT2D eigenvalue weighted by Crippen LogP contribution is 2.24. The van der Waals surface area contributed by atoms with Gasteiger partial charge in [0.2, 0.25) is 5.91 Å². The van der Waals surface area contributed by atoms with E-state index in [9.17, 15) is 22.8 Å². The number of ether oxygens (including phenoxy) is 1. The van der Waals surface area contributed by atoms with Gasteiger partial charge in [-0.25, -0.2) is 4.98 Å². The fraction of sp³-hybridized carbons (Fsp3) is 0.150. The molecule has 0 spiro atoms. The Morgan fingerprint density at radius 2 is 1.70 bits per heavy atom. The number of hydrogen-bond donors (Lipinski definition) is 2. The van der Waals surface area contributed by atoms with Crippen LogP contribution < -0.4 is 15.4 Å². The molecule has 3 aromatic rings. The number of aryl methyl sites for hydroxylation is 1. The summed E-state index contributed by atoms with van der Waals surface area (Å²) < 4.78 is 40.2. The summed E-state index contributed by atoms with van der Waals surface area (Å²) in [6, 6.07) is 13.6. The Hall–Kier alpha value is -3.40. The monoisotopic (exact) mass is 435 g/mol. The molecule has 0 fully saturated rings. The second-order valence-electron chi connectivity index (χ2n) is 6.08. The van der Waals surface area contributed by atoms with Crippen molar-refractivity contribution in [3.05, 3.63) is 71.2 Å². The highest BCUT2D eigenvalue weighted by Gasteiger charge is 2.30. The molecular formula is C20H16F3N3O3S. The molecule has 0 bridgehead atoms. The molecule has 0 aliphatic carbocycles.